The van der Waals surface area contributed by atoms with E-state index < -0.39 is 11.8 Å². The van der Waals surface area contributed by atoms with Crippen LogP contribution in [-0.4, -0.2) is 68.2 Å². The summed E-state index contributed by atoms with van der Waals surface area (Å²) in [5.74, 6) is 0.390. The minimum absolute atomic E-state index is 0.0263. The zero-order valence-corrected chi connectivity index (χ0v) is 25.8. The third-order valence-electron chi connectivity index (χ3n) is 5.98. The minimum atomic E-state index is -0.431. The largest absolute Gasteiger partial charge is 0.410 e. The number of carbonyl (C=O) groups excluding carboxylic acids is 2. The third-order valence-corrected chi connectivity index (χ3v) is 9.71. The van der Waals surface area contributed by atoms with Crippen molar-refractivity contribution in [1.82, 2.24) is 20.6 Å². The van der Waals surface area contributed by atoms with Crippen LogP contribution in [0.1, 0.15) is 11.1 Å². The fraction of sp³-hybridized carbons (Fsp3) is 0.231. The lowest BCUT2D eigenvalue weighted by molar-refractivity contribution is -0.115. The summed E-state index contributed by atoms with van der Waals surface area (Å²) in [7, 11) is 3.09. The highest BCUT2D eigenvalue weighted by Gasteiger charge is 2.18. The van der Waals surface area contributed by atoms with Crippen LogP contribution in [0.25, 0.3) is 21.8 Å². The van der Waals surface area contributed by atoms with Gasteiger partial charge in [-0.3, -0.25) is 9.59 Å². The van der Waals surface area contributed by atoms with Crippen molar-refractivity contribution >= 4 is 98.5 Å². The molecule has 10 nitrogen and oxygen atoms in total. The molecule has 0 saturated heterocycles. The van der Waals surface area contributed by atoms with Crippen LogP contribution in [-0.2, 0) is 22.4 Å². The number of nitrogens with zero attached hydrogens (tertiary/aromatic N) is 2. The van der Waals surface area contributed by atoms with Gasteiger partial charge < -0.3 is 31.0 Å². The number of carbonyl (C=O) groups is 2. The van der Waals surface area contributed by atoms with Crippen LogP contribution in [0.4, 0.5) is 0 Å². The van der Waals surface area contributed by atoms with E-state index in [0.717, 1.165) is 41.9 Å². The topological polar surface area (TPSA) is 155 Å². The Morgan fingerprint density at radius 1 is 0.750 bits per heavy atom. The molecule has 0 atom stereocenters. The lowest BCUT2D eigenvalue weighted by Gasteiger charge is -2.08. The second-order valence-corrected chi connectivity index (χ2v) is 13.0. The van der Waals surface area contributed by atoms with Crippen molar-refractivity contribution in [3.63, 3.8) is 0 Å². The van der Waals surface area contributed by atoms with E-state index in [4.69, 9.17) is 0 Å². The van der Waals surface area contributed by atoms with Crippen LogP contribution in [0.2, 0.25) is 0 Å². The molecule has 2 aromatic heterocycles. The van der Waals surface area contributed by atoms with E-state index in [9.17, 15) is 20.0 Å². The first kappa shape index (κ1) is 30.0. The molecular weight excluding hydrogens is 684 g/mol. The lowest BCUT2D eigenvalue weighted by Crippen LogP contribution is -2.34. The predicted octanol–water partition coefficient (Wildman–Crippen LogP) is 5.23. The quantitative estimate of drug-likeness (QED) is 0.0367. The summed E-state index contributed by atoms with van der Waals surface area (Å²) in [4.78, 5) is 31.3. The highest BCUT2D eigenvalue weighted by atomic mass is 79.9. The van der Waals surface area contributed by atoms with Crippen molar-refractivity contribution in [3.05, 3.63) is 68.9 Å². The van der Waals surface area contributed by atoms with Gasteiger partial charge in [0.2, 0.25) is 0 Å². The average Bonchev–Trinajstić information content (AvgIpc) is 3.57. The molecule has 0 aliphatic carbocycles. The Hall–Kier alpha value is -2.94. The summed E-state index contributed by atoms with van der Waals surface area (Å²) in [6.07, 6.45) is 3.97. The van der Waals surface area contributed by atoms with E-state index in [1.807, 2.05) is 36.4 Å². The molecule has 14 heteroatoms. The Kier molecular flexibility index (Phi) is 11.0. The number of nitrogens with one attached hydrogen (secondary N) is 4. The first-order valence-corrected chi connectivity index (χ1v) is 16.2. The first-order valence-electron chi connectivity index (χ1n) is 12.1. The summed E-state index contributed by atoms with van der Waals surface area (Å²) < 4.78 is 1.79. The molecule has 0 radical (unpaired) electrons. The Balaban J connectivity index is 1.13. The van der Waals surface area contributed by atoms with Gasteiger partial charge in [-0.25, -0.2) is 0 Å². The van der Waals surface area contributed by atoms with Gasteiger partial charge in [-0.05, 0) is 35.4 Å². The first-order chi connectivity index (χ1) is 19.4. The smallest absolute Gasteiger partial charge is 0.269 e. The van der Waals surface area contributed by atoms with Crippen molar-refractivity contribution in [2.75, 3.05) is 24.6 Å². The maximum Gasteiger partial charge on any atom is 0.269 e. The van der Waals surface area contributed by atoms with Crippen LogP contribution < -0.4 is 10.6 Å². The van der Waals surface area contributed by atoms with E-state index in [-0.39, 0.29) is 24.3 Å². The number of H-pyrrole nitrogens is 2. The molecule has 4 aromatic rings. The fourth-order valence-corrected chi connectivity index (χ4v) is 7.17. The number of oxime groups is 2. The molecule has 40 heavy (non-hydrogen) atoms. The maximum absolute atomic E-state index is 12.5. The fourth-order valence-electron chi connectivity index (χ4n) is 4.11. The lowest BCUT2D eigenvalue weighted by atomic mass is 10.1. The Morgan fingerprint density at radius 2 is 1.18 bits per heavy atom. The number of aromatic nitrogens is 2. The number of benzene rings is 2. The van der Waals surface area contributed by atoms with Crippen LogP contribution in [0.5, 0.6) is 0 Å². The monoisotopic (exact) mass is 708 g/mol. The van der Waals surface area contributed by atoms with Crippen molar-refractivity contribution in [2.24, 2.45) is 10.3 Å². The molecule has 0 aliphatic rings. The van der Waals surface area contributed by atoms with Crippen molar-refractivity contribution in [3.8, 4) is 0 Å². The number of hydrogen-bond donors (Lipinski definition) is 6. The van der Waals surface area contributed by atoms with Gasteiger partial charge in [0.25, 0.3) is 11.8 Å². The number of fused-ring (bicyclic) bond motifs is 2. The number of aromatic amines is 2. The van der Waals surface area contributed by atoms with Crippen LogP contribution in [0.15, 0.2) is 68.0 Å². The Morgan fingerprint density at radius 3 is 1.57 bits per heavy atom. The molecule has 4 rings (SSSR count). The molecule has 210 valence electrons. The van der Waals surface area contributed by atoms with Gasteiger partial charge in [-0.15, -0.1) is 0 Å². The Bertz CT molecular complexity index is 1450. The summed E-state index contributed by atoms with van der Waals surface area (Å²) in [5.41, 5.74) is 3.60. The zero-order chi connectivity index (χ0) is 28.5. The predicted molar refractivity (Wildman–Crippen MR) is 169 cm³/mol. The van der Waals surface area contributed by atoms with Gasteiger partial charge >= 0.3 is 0 Å². The van der Waals surface area contributed by atoms with Gasteiger partial charge in [0.1, 0.15) is 11.4 Å². The van der Waals surface area contributed by atoms with Gasteiger partial charge in [0.05, 0.1) is 0 Å². The molecule has 0 bridgehead atoms. The normalized spacial score (nSPS) is 12.2. The maximum atomic E-state index is 12.5. The summed E-state index contributed by atoms with van der Waals surface area (Å²) >= 11 is 7.04. The van der Waals surface area contributed by atoms with Crippen LogP contribution >= 0.6 is 53.4 Å². The molecule has 0 fully saturated rings. The average molecular weight is 710 g/mol. The molecule has 0 aliphatic heterocycles. The zero-order valence-electron chi connectivity index (χ0n) is 21.0. The second kappa shape index (κ2) is 14.6. The van der Waals surface area contributed by atoms with Gasteiger partial charge in [-0.2, -0.15) is 0 Å². The number of halogens is 2. The SMILES string of the molecule is O=C(NCCSSCCNC(=O)/C(Cc1c[nH]c2cccc(Br)c12)=N/O)/C(Cc1c[nH]c2cccc(Br)c12)=N/O. The molecular formula is C26H26Br2N6O4S2. The molecule has 2 heterocycles. The number of hydrogen-bond acceptors (Lipinski definition) is 8. The van der Waals surface area contributed by atoms with E-state index in [1.54, 1.807) is 34.0 Å². The van der Waals surface area contributed by atoms with Gasteiger partial charge in [-0.1, -0.05) is 75.9 Å². The highest BCUT2D eigenvalue weighted by Crippen LogP contribution is 2.28. The van der Waals surface area contributed by atoms with Gasteiger partial charge in [0, 0.05) is 80.6 Å². The molecule has 0 unspecified atom stereocenters. The molecule has 2 aromatic carbocycles. The third kappa shape index (κ3) is 7.42. The number of amides is 2. The summed E-state index contributed by atoms with van der Waals surface area (Å²) in [6, 6.07) is 11.5. The van der Waals surface area contributed by atoms with E-state index in [2.05, 4.69) is 62.8 Å². The Labute approximate surface area is 254 Å². The number of rotatable bonds is 13. The van der Waals surface area contributed by atoms with E-state index >= 15 is 0 Å². The second-order valence-electron chi connectivity index (χ2n) is 8.56. The minimum Gasteiger partial charge on any atom is -0.410 e. The molecule has 2 amide bonds. The summed E-state index contributed by atoms with van der Waals surface area (Å²) in [5, 5.41) is 32.7. The summed E-state index contributed by atoms with van der Waals surface area (Å²) in [6.45, 7) is 0.780. The van der Waals surface area contributed by atoms with Crippen LogP contribution in [0.3, 0.4) is 0 Å². The van der Waals surface area contributed by atoms with Crippen molar-refractivity contribution in [2.45, 2.75) is 12.8 Å². The van der Waals surface area contributed by atoms with Gasteiger partial charge in [0.15, 0.2) is 0 Å². The molecule has 0 saturated carbocycles. The highest BCUT2D eigenvalue weighted by molar-refractivity contribution is 9.11. The van der Waals surface area contributed by atoms with Crippen LogP contribution in [0, 0.1) is 0 Å². The molecule has 0 spiro atoms. The molecule has 6 N–H and O–H groups in total. The van der Waals surface area contributed by atoms with Crippen molar-refractivity contribution in [1.29, 1.82) is 0 Å². The standard InChI is InChI=1S/C26H26Br2N6O4S2/c27-17-3-1-5-19-23(17)15(13-31-19)11-21(33-37)25(35)29-7-9-39-40-10-8-30-26(36)22(34-38)12-16-14-32-20-6-2-4-18(28)24(16)20/h1-6,13-14,31-32,37-38H,7-12H2,(H,29,35)(H,30,36)/b33-21+,34-22+. The van der Waals surface area contributed by atoms with Crippen molar-refractivity contribution < 1.29 is 20.0 Å². The van der Waals surface area contributed by atoms with E-state index in [1.165, 1.54) is 0 Å². The van der Waals surface area contributed by atoms with E-state index in [0.29, 0.717) is 24.6 Å².